The summed E-state index contributed by atoms with van der Waals surface area (Å²) in [6, 6.07) is 2.04. The molecule has 0 fully saturated rings. The summed E-state index contributed by atoms with van der Waals surface area (Å²) in [5.74, 6) is 0. The topological polar surface area (TPSA) is 53.6 Å². The largest absolute Gasteiger partial charge is 0.311 e. The van der Waals surface area contributed by atoms with E-state index in [1.165, 1.54) is 10.6 Å². The lowest BCUT2D eigenvalue weighted by Gasteiger charge is -2.09. The lowest BCUT2D eigenvalue weighted by molar-refractivity contribution is 0.639. The summed E-state index contributed by atoms with van der Waals surface area (Å²) in [5.41, 5.74) is 3.24. The molecule has 78 valence electrons. The van der Waals surface area contributed by atoms with Crippen molar-refractivity contribution in [1.29, 1.82) is 0 Å². The van der Waals surface area contributed by atoms with E-state index in [9.17, 15) is 0 Å². The van der Waals surface area contributed by atoms with Gasteiger partial charge >= 0.3 is 0 Å². The fourth-order valence-electron chi connectivity index (χ4n) is 1.76. The van der Waals surface area contributed by atoms with Crippen LogP contribution in [0.25, 0.3) is 10.7 Å². The van der Waals surface area contributed by atoms with Gasteiger partial charge in [0.15, 0.2) is 0 Å². The van der Waals surface area contributed by atoms with Crippen LogP contribution in [-0.2, 0) is 13.0 Å². The van der Waals surface area contributed by atoms with Crippen LogP contribution in [0.3, 0.4) is 0 Å². The summed E-state index contributed by atoms with van der Waals surface area (Å²) in [6.07, 6.45) is 1.09. The average molecular weight is 220 g/mol. The van der Waals surface area contributed by atoms with Gasteiger partial charge in [0.1, 0.15) is 10.7 Å². The Morgan fingerprint density at radius 1 is 1.47 bits per heavy atom. The minimum atomic E-state index is 0.898. The minimum Gasteiger partial charge on any atom is -0.311 e. The quantitative estimate of drug-likeness (QED) is 0.765. The van der Waals surface area contributed by atoms with Gasteiger partial charge in [0.25, 0.3) is 0 Å². The second-order valence-electron chi connectivity index (χ2n) is 3.75. The van der Waals surface area contributed by atoms with E-state index in [0.29, 0.717) is 0 Å². The molecule has 1 aliphatic rings. The van der Waals surface area contributed by atoms with E-state index >= 15 is 0 Å². The van der Waals surface area contributed by atoms with Crippen molar-refractivity contribution in [2.75, 3.05) is 6.54 Å². The molecule has 0 unspecified atom stereocenters. The van der Waals surface area contributed by atoms with E-state index in [4.69, 9.17) is 0 Å². The van der Waals surface area contributed by atoms with Gasteiger partial charge in [0, 0.05) is 23.7 Å². The third-order valence-electron chi connectivity index (χ3n) is 2.52. The highest BCUT2D eigenvalue weighted by Crippen LogP contribution is 2.28. The maximum Gasteiger partial charge on any atom is 0.144 e. The Morgan fingerprint density at radius 3 is 3.13 bits per heavy atom. The number of nitrogens with zero attached hydrogens (tertiary/aromatic N) is 2. The third kappa shape index (κ3) is 1.57. The molecule has 0 atom stereocenters. The second kappa shape index (κ2) is 3.43. The Balaban J connectivity index is 2.02. The molecule has 2 aromatic rings. The number of aryl methyl sites for hydroxylation is 1. The summed E-state index contributed by atoms with van der Waals surface area (Å²) in [4.78, 5) is 6.01. The molecule has 3 heterocycles. The zero-order chi connectivity index (χ0) is 10.3. The average Bonchev–Trinajstić information content (AvgIpc) is 2.82. The van der Waals surface area contributed by atoms with E-state index in [1.807, 2.05) is 13.0 Å². The van der Waals surface area contributed by atoms with Gasteiger partial charge in [-0.05, 0) is 19.4 Å². The van der Waals surface area contributed by atoms with Gasteiger partial charge < -0.3 is 5.32 Å². The molecule has 0 amide bonds. The SMILES string of the molecule is Cc1cc(-c2nc3c(s2)CCNC3)n[nH]1. The normalized spacial score (nSPS) is 15.3. The first kappa shape index (κ1) is 9.06. The smallest absolute Gasteiger partial charge is 0.144 e. The number of rotatable bonds is 1. The number of hydrogen-bond acceptors (Lipinski definition) is 4. The number of aromatic amines is 1. The molecule has 0 saturated carbocycles. The van der Waals surface area contributed by atoms with Crippen LogP contribution in [0.5, 0.6) is 0 Å². The number of hydrogen-bond donors (Lipinski definition) is 2. The van der Waals surface area contributed by atoms with Crippen LogP contribution in [-0.4, -0.2) is 21.7 Å². The van der Waals surface area contributed by atoms with E-state index in [-0.39, 0.29) is 0 Å². The fourth-order valence-corrected chi connectivity index (χ4v) is 2.80. The molecule has 0 aromatic carbocycles. The van der Waals surface area contributed by atoms with Crippen molar-refractivity contribution < 1.29 is 0 Å². The maximum atomic E-state index is 4.61. The van der Waals surface area contributed by atoms with E-state index in [1.54, 1.807) is 11.3 Å². The standard InChI is InChI=1S/C10H12N4S/c1-6-4-7(14-13-6)10-12-8-5-11-3-2-9(8)15-10/h4,11H,2-3,5H2,1H3,(H,13,14). The third-order valence-corrected chi connectivity index (χ3v) is 3.70. The Kier molecular flexibility index (Phi) is 2.07. The molecule has 0 saturated heterocycles. The monoisotopic (exact) mass is 220 g/mol. The number of aromatic nitrogens is 3. The van der Waals surface area contributed by atoms with Crippen LogP contribution < -0.4 is 5.32 Å². The fraction of sp³-hybridized carbons (Fsp3) is 0.400. The summed E-state index contributed by atoms with van der Waals surface area (Å²) < 4.78 is 0. The number of fused-ring (bicyclic) bond motifs is 1. The van der Waals surface area contributed by atoms with Crippen LogP contribution in [0, 0.1) is 6.92 Å². The Morgan fingerprint density at radius 2 is 2.40 bits per heavy atom. The van der Waals surface area contributed by atoms with Crippen molar-refractivity contribution in [3.8, 4) is 10.7 Å². The molecule has 0 aliphatic carbocycles. The lowest BCUT2D eigenvalue weighted by Crippen LogP contribution is -2.22. The van der Waals surface area contributed by atoms with Crippen molar-refractivity contribution in [1.82, 2.24) is 20.5 Å². The van der Waals surface area contributed by atoms with Crippen LogP contribution in [0.15, 0.2) is 6.07 Å². The number of H-pyrrole nitrogens is 1. The molecule has 2 aromatic heterocycles. The highest BCUT2D eigenvalue weighted by molar-refractivity contribution is 7.15. The molecule has 0 bridgehead atoms. The number of thiazole rings is 1. The molecule has 15 heavy (non-hydrogen) atoms. The first-order valence-corrected chi connectivity index (χ1v) is 5.86. The van der Waals surface area contributed by atoms with Crippen LogP contribution >= 0.6 is 11.3 Å². The highest BCUT2D eigenvalue weighted by atomic mass is 32.1. The molecular weight excluding hydrogens is 208 g/mol. The predicted octanol–water partition coefficient (Wildman–Crippen LogP) is 1.49. The summed E-state index contributed by atoms with van der Waals surface area (Å²) in [5, 5.41) is 11.5. The number of nitrogens with one attached hydrogen (secondary N) is 2. The van der Waals surface area contributed by atoms with Crippen LogP contribution in [0.2, 0.25) is 0 Å². The van der Waals surface area contributed by atoms with Crippen LogP contribution in [0.4, 0.5) is 0 Å². The van der Waals surface area contributed by atoms with Gasteiger partial charge in [0.2, 0.25) is 0 Å². The van der Waals surface area contributed by atoms with E-state index in [2.05, 4.69) is 20.5 Å². The van der Waals surface area contributed by atoms with Crippen molar-refractivity contribution in [2.24, 2.45) is 0 Å². The maximum absolute atomic E-state index is 4.61. The molecule has 3 rings (SSSR count). The first-order valence-electron chi connectivity index (χ1n) is 5.04. The van der Waals surface area contributed by atoms with Crippen molar-refractivity contribution in [3.05, 3.63) is 22.3 Å². The van der Waals surface area contributed by atoms with Gasteiger partial charge in [-0.25, -0.2) is 4.98 Å². The second-order valence-corrected chi connectivity index (χ2v) is 4.84. The summed E-state index contributed by atoms with van der Waals surface area (Å²) >= 11 is 1.77. The molecule has 2 N–H and O–H groups in total. The zero-order valence-corrected chi connectivity index (χ0v) is 9.32. The van der Waals surface area contributed by atoms with Crippen molar-refractivity contribution >= 4 is 11.3 Å². The van der Waals surface area contributed by atoms with Gasteiger partial charge in [-0.2, -0.15) is 5.10 Å². The highest BCUT2D eigenvalue weighted by Gasteiger charge is 2.16. The summed E-state index contributed by atoms with van der Waals surface area (Å²) in [6.45, 7) is 3.97. The van der Waals surface area contributed by atoms with Crippen molar-refractivity contribution in [2.45, 2.75) is 19.9 Å². The predicted molar refractivity (Wildman–Crippen MR) is 59.8 cm³/mol. The van der Waals surface area contributed by atoms with Gasteiger partial charge in [0.05, 0.1) is 5.69 Å². The Labute approximate surface area is 91.7 Å². The van der Waals surface area contributed by atoms with E-state index < -0.39 is 0 Å². The summed E-state index contributed by atoms with van der Waals surface area (Å²) in [7, 11) is 0. The molecule has 0 radical (unpaired) electrons. The molecule has 4 nitrogen and oxygen atoms in total. The van der Waals surface area contributed by atoms with Gasteiger partial charge in [-0.1, -0.05) is 0 Å². The zero-order valence-electron chi connectivity index (χ0n) is 8.50. The van der Waals surface area contributed by atoms with Crippen molar-refractivity contribution in [3.63, 3.8) is 0 Å². The van der Waals surface area contributed by atoms with E-state index in [0.717, 1.165) is 35.9 Å². The Bertz CT molecular complexity index is 462. The van der Waals surface area contributed by atoms with Gasteiger partial charge in [-0.3, -0.25) is 5.10 Å². The van der Waals surface area contributed by atoms with Gasteiger partial charge in [-0.15, -0.1) is 11.3 Å². The molecule has 1 aliphatic heterocycles. The Hall–Kier alpha value is -1.20. The minimum absolute atomic E-state index is 0.898. The molecule has 5 heteroatoms. The molecular formula is C10H12N4S. The molecule has 0 spiro atoms. The van der Waals surface area contributed by atoms with Crippen LogP contribution in [0.1, 0.15) is 16.3 Å². The lowest BCUT2D eigenvalue weighted by atomic mass is 10.2. The first-order chi connectivity index (χ1) is 7.33.